The van der Waals surface area contributed by atoms with Crippen LogP contribution in [0.3, 0.4) is 0 Å². The third-order valence-electron chi connectivity index (χ3n) is 2.38. The number of benzene rings is 2. The first-order valence-corrected chi connectivity index (χ1v) is 8.22. The first-order chi connectivity index (χ1) is 9.31. The lowest BCUT2D eigenvalue weighted by atomic mass is 10.3. The molecule has 2 aromatic carbocycles. The summed E-state index contributed by atoms with van der Waals surface area (Å²) < 4.78 is 26.9. The number of rotatable bonds is 3. The molecule has 0 aliphatic carbocycles. The Hall–Kier alpha value is -0.650. The van der Waals surface area contributed by atoms with E-state index < -0.39 is 10.0 Å². The van der Waals surface area contributed by atoms with Gasteiger partial charge in [-0.3, -0.25) is 4.72 Å². The van der Waals surface area contributed by atoms with Gasteiger partial charge in [-0.25, -0.2) is 8.42 Å². The van der Waals surface area contributed by atoms with Gasteiger partial charge < -0.3 is 0 Å². The Morgan fingerprint density at radius 3 is 2.05 bits per heavy atom. The number of sulfonamides is 1. The highest BCUT2D eigenvalue weighted by Crippen LogP contribution is 2.33. The summed E-state index contributed by atoms with van der Waals surface area (Å²) in [5, 5.41) is 0.509. The summed E-state index contributed by atoms with van der Waals surface area (Å²) >= 11 is 23.4. The predicted molar refractivity (Wildman–Crippen MR) is 83.7 cm³/mol. The molecule has 8 heteroatoms. The molecule has 0 unspecified atom stereocenters. The Kier molecular flexibility index (Phi) is 4.72. The second-order valence-electron chi connectivity index (χ2n) is 3.78. The maximum atomic E-state index is 12.3. The van der Waals surface area contributed by atoms with Crippen LogP contribution in [-0.4, -0.2) is 8.42 Å². The van der Waals surface area contributed by atoms with Gasteiger partial charge in [0.25, 0.3) is 10.0 Å². The largest absolute Gasteiger partial charge is 0.278 e. The molecule has 1 N–H and O–H groups in total. The topological polar surface area (TPSA) is 46.2 Å². The van der Waals surface area contributed by atoms with Crippen LogP contribution in [0, 0.1) is 0 Å². The molecule has 0 saturated heterocycles. The zero-order valence-electron chi connectivity index (χ0n) is 9.70. The van der Waals surface area contributed by atoms with Gasteiger partial charge in [-0.2, -0.15) is 0 Å². The van der Waals surface area contributed by atoms with Crippen LogP contribution in [0.5, 0.6) is 0 Å². The fourth-order valence-electron chi connectivity index (χ4n) is 1.45. The lowest BCUT2D eigenvalue weighted by molar-refractivity contribution is 0.601. The van der Waals surface area contributed by atoms with Crippen LogP contribution in [0.2, 0.25) is 20.1 Å². The number of anilines is 1. The highest BCUT2D eigenvalue weighted by atomic mass is 35.5. The van der Waals surface area contributed by atoms with Crippen molar-refractivity contribution in [3.8, 4) is 0 Å². The van der Waals surface area contributed by atoms with Crippen molar-refractivity contribution < 1.29 is 8.42 Å². The van der Waals surface area contributed by atoms with E-state index in [9.17, 15) is 8.42 Å². The summed E-state index contributed by atoms with van der Waals surface area (Å²) in [6.45, 7) is 0. The van der Waals surface area contributed by atoms with Gasteiger partial charge in [-0.1, -0.05) is 58.5 Å². The van der Waals surface area contributed by atoms with Crippen molar-refractivity contribution in [3.05, 3.63) is 56.5 Å². The van der Waals surface area contributed by atoms with Crippen molar-refractivity contribution in [3.63, 3.8) is 0 Å². The molecule has 0 aromatic heterocycles. The minimum absolute atomic E-state index is 0.0287. The fourth-order valence-corrected chi connectivity index (χ4v) is 3.78. The van der Waals surface area contributed by atoms with E-state index in [1.165, 1.54) is 18.2 Å². The normalized spacial score (nSPS) is 11.4. The van der Waals surface area contributed by atoms with Gasteiger partial charge in [0.1, 0.15) is 4.90 Å². The van der Waals surface area contributed by atoms with Gasteiger partial charge in [0.2, 0.25) is 0 Å². The molecule has 2 aromatic rings. The van der Waals surface area contributed by atoms with Crippen LogP contribution in [0.1, 0.15) is 0 Å². The first-order valence-electron chi connectivity index (χ1n) is 5.23. The second-order valence-corrected chi connectivity index (χ2v) is 7.06. The van der Waals surface area contributed by atoms with Gasteiger partial charge in [0.05, 0.1) is 25.8 Å². The lowest BCUT2D eigenvalue weighted by Gasteiger charge is -2.11. The van der Waals surface area contributed by atoms with Crippen molar-refractivity contribution in [1.82, 2.24) is 0 Å². The molecule has 0 spiro atoms. The van der Waals surface area contributed by atoms with E-state index >= 15 is 0 Å². The molecule has 0 aliphatic rings. The summed E-state index contributed by atoms with van der Waals surface area (Å²) in [5.74, 6) is 0. The number of hydrogen-bond donors (Lipinski definition) is 1. The van der Waals surface area contributed by atoms with E-state index in [0.717, 1.165) is 0 Å². The zero-order valence-corrected chi connectivity index (χ0v) is 13.5. The van der Waals surface area contributed by atoms with Gasteiger partial charge in [0.15, 0.2) is 0 Å². The van der Waals surface area contributed by atoms with Crippen LogP contribution < -0.4 is 4.72 Å². The van der Waals surface area contributed by atoms with Gasteiger partial charge in [0, 0.05) is 0 Å². The Bertz CT molecular complexity index is 762. The SMILES string of the molecule is O=S(=O)(Nc1ccccc1Cl)c1cc(Cl)c(Cl)cc1Cl. The quantitative estimate of drug-likeness (QED) is 0.763. The maximum absolute atomic E-state index is 12.3. The minimum atomic E-state index is -3.92. The Morgan fingerprint density at radius 1 is 0.800 bits per heavy atom. The molecule has 106 valence electrons. The summed E-state index contributed by atoms with van der Waals surface area (Å²) in [6.07, 6.45) is 0. The molecule has 0 atom stereocenters. The molecule has 0 fully saturated rings. The van der Waals surface area contributed by atoms with Crippen molar-refractivity contribution in [2.45, 2.75) is 4.90 Å². The van der Waals surface area contributed by atoms with E-state index in [1.54, 1.807) is 18.2 Å². The molecule has 20 heavy (non-hydrogen) atoms. The summed E-state index contributed by atoms with van der Waals surface area (Å²) in [6, 6.07) is 8.89. The first kappa shape index (κ1) is 15.7. The van der Waals surface area contributed by atoms with Gasteiger partial charge in [-0.05, 0) is 24.3 Å². The standard InChI is InChI=1S/C12H7Cl4NO2S/c13-7-3-1-2-4-11(7)17-20(18,19)12-6-9(15)8(14)5-10(12)16/h1-6,17H. The van der Waals surface area contributed by atoms with Crippen LogP contribution in [0.25, 0.3) is 0 Å². The molecule has 3 nitrogen and oxygen atoms in total. The molecular weight excluding hydrogens is 364 g/mol. The van der Waals surface area contributed by atoms with Crippen LogP contribution in [0.15, 0.2) is 41.3 Å². The number of hydrogen-bond acceptors (Lipinski definition) is 2. The molecule has 0 amide bonds. The summed E-state index contributed by atoms with van der Waals surface area (Å²) in [5.41, 5.74) is 0.247. The molecule has 0 heterocycles. The van der Waals surface area contributed by atoms with Crippen molar-refractivity contribution in [2.24, 2.45) is 0 Å². The number of para-hydroxylation sites is 1. The van der Waals surface area contributed by atoms with E-state index in [-0.39, 0.29) is 30.7 Å². The van der Waals surface area contributed by atoms with Crippen molar-refractivity contribution in [2.75, 3.05) is 4.72 Å². The maximum Gasteiger partial charge on any atom is 0.263 e. The third-order valence-corrected chi connectivity index (χ3v) is 5.26. The molecule has 2 rings (SSSR count). The average Bonchev–Trinajstić information content (AvgIpc) is 2.36. The molecule has 0 bridgehead atoms. The lowest BCUT2D eigenvalue weighted by Crippen LogP contribution is -2.13. The number of halogens is 4. The molecule has 0 aliphatic heterocycles. The third kappa shape index (κ3) is 3.32. The van der Waals surface area contributed by atoms with E-state index in [0.29, 0.717) is 0 Å². The highest BCUT2D eigenvalue weighted by Gasteiger charge is 2.20. The van der Waals surface area contributed by atoms with Crippen LogP contribution in [0.4, 0.5) is 5.69 Å². The fraction of sp³-hybridized carbons (Fsp3) is 0. The predicted octanol–water partition coefficient (Wildman–Crippen LogP) is 5.10. The van der Waals surface area contributed by atoms with Crippen LogP contribution in [-0.2, 0) is 10.0 Å². The Labute approximate surface area is 136 Å². The molecule has 0 saturated carbocycles. The van der Waals surface area contributed by atoms with E-state index in [2.05, 4.69) is 4.72 Å². The van der Waals surface area contributed by atoms with Crippen molar-refractivity contribution in [1.29, 1.82) is 0 Å². The Balaban J connectivity index is 2.47. The second kappa shape index (κ2) is 6.00. The summed E-state index contributed by atoms with van der Waals surface area (Å²) in [7, 11) is -3.92. The van der Waals surface area contributed by atoms with Gasteiger partial charge >= 0.3 is 0 Å². The Morgan fingerprint density at radius 2 is 1.40 bits per heavy atom. The molecular formula is C12H7Cl4NO2S. The summed E-state index contributed by atoms with van der Waals surface area (Å²) in [4.78, 5) is -0.173. The van der Waals surface area contributed by atoms with E-state index in [4.69, 9.17) is 46.4 Å². The smallest absolute Gasteiger partial charge is 0.263 e. The highest BCUT2D eigenvalue weighted by molar-refractivity contribution is 7.92. The van der Waals surface area contributed by atoms with E-state index in [1.807, 2.05) is 0 Å². The monoisotopic (exact) mass is 369 g/mol. The van der Waals surface area contributed by atoms with Crippen molar-refractivity contribution >= 4 is 62.1 Å². The minimum Gasteiger partial charge on any atom is -0.278 e. The zero-order chi connectivity index (χ0) is 14.9. The van der Waals surface area contributed by atoms with Crippen LogP contribution >= 0.6 is 46.4 Å². The number of nitrogens with one attached hydrogen (secondary N) is 1. The molecule has 0 radical (unpaired) electrons. The average molecular weight is 371 g/mol. The van der Waals surface area contributed by atoms with Gasteiger partial charge in [-0.15, -0.1) is 0 Å².